The topological polar surface area (TPSA) is 74.2 Å². The first-order valence-electron chi connectivity index (χ1n) is 10.5. The van der Waals surface area contributed by atoms with Crippen LogP contribution in [-0.4, -0.2) is 36.0 Å². The van der Waals surface area contributed by atoms with Crippen molar-refractivity contribution in [1.29, 1.82) is 0 Å². The smallest absolute Gasteiger partial charge is 0.498 e. The van der Waals surface area contributed by atoms with E-state index in [1.807, 2.05) is 34.6 Å². The van der Waals surface area contributed by atoms with Crippen molar-refractivity contribution in [3.63, 3.8) is 0 Å². The van der Waals surface area contributed by atoms with E-state index in [0.29, 0.717) is 23.2 Å². The van der Waals surface area contributed by atoms with Crippen molar-refractivity contribution in [2.75, 3.05) is 6.61 Å². The van der Waals surface area contributed by atoms with Gasteiger partial charge >= 0.3 is 13.1 Å². The van der Waals surface area contributed by atoms with Crippen molar-refractivity contribution < 1.29 is 33.1 Å². The van der Waals surface area contributed by atoms with Crippen LogP contribution in [0.25, 0.3) is 0 Å². The largest absolute Gasteiger partial charge is 0.513 e. The summed E-state index contributed by atoms with van der Waals surface area (Å²) >= 11 is 0. The average Bonchev–Trinajstić information content (AvgIpc) is 2.87. The lowest BCUT2D eigenvalue weighted by Crippen LogP contribution is -2.41. The zero-order valence-electron chi connectivity index (χ0n) is 19.4. The molecule has 170 valence electrons. The summed E-state index contributed by atoms with van der Waals surface area (Å²) < 4.78 is 36.9. The van der Waals surface area contributed by atoms with E-state index in [1.54, 1.807) is 19.9 Å². The lowest BCUT2D eigenvalue weighted by Gasteiger charge is -2.32. The van der Waals surface area contributed by atoms with E-state index in [2.05, 4.69) is 0 Å². The number of carbonyl (C=O) groups is 1. The molecule has 1 aromatic carbocycles. The van der Waals surface area contributed by atoms with E-state index in [4.69, 9.17) is 18.8 Å². The third kappa shape index (κ3) is 6.11. The fourth-order valence-electron chi connectivity index (χ4n) is 2.97. The first-order valence-corrected chi connectivity index (χ1v) is 10.5. The Bertz CT molecular complexity index is 855. The van der Waals surface area contributed by atoms with Gasteiger partial charge in [0.05, 0.1) is 30.0 Å². The highest BCUT2D eigenvalue weighted by Crippen LogP contribution is 2.39. The number of aliphatic hydroxyl groups excluding tert-OH is 1. The molecule has 1 heterocycles. The first kappa shape index (κ1) is 24.9. The molecule has 0 radical (unpaired) electrons. The summed E-state index contributed by atoms with van der Waals surface area (Å²) in [5, 5.41) is 10.3. The molecule has 6 nitrogen and oxygen atoms in total. The lowest BCUT2D eigenvalue weighted by atomic mass is 9.76. The number of hydrogen-bond acceptors (Lipinski definition) is 6. The molecule has 0 bridgehead atoms. The number of halogens is 1. The third-order valence-electron chi connectivity index (χ3n) is 5.50. The highest BCUT2D eigenvalue weighted by molar-refractivity contribution is 6.55. The van der Waals surface area contributed by atoms with Gasteiger partial charge in [0.2, 0.25) is 0 Å². The fraction of sp³-hybridized carbons (Fsp3) is 0.522. The van der Waals surface area contributed by atoms with Gasteiger partial charge in [0.15, 0.2) is 0 Å². The molecule has 1 saturated heterocycles. The summed E-state index contributed by atoms with van der Waals surface area (Å²) in [6, 6.07) is 3.99. The summed E-state index contributed by atoms with van der Waals surface area (Å²) in [4.78, 5) is 11.9. The molecule has 0 atom stereocenters. The van der Waals surface area contributed by atoms with Crippen molar-refractivity contribution in [3.05, 3.63) is 52.6 Å². The summed E-state index contributed by atoms with van der Waals surface area (Å²) in [7, 11) is -0.785. The standard InChI is InChI=1S/C23H32BFO6/c1-8-18(14-19(15(3)26)24-30-22(4,5)23(6,7)31-24)29-20-13-17(25)11-10-16(20)12-21(27)28-9-2/h10-11,13-14,26H,8-9,12H2,1-7H3/b18-14+,19-15-. The van der Waals surface area contributed by atoms with Gasteiger partial charge in [-0.1, -0.05) is 13.0 Å². The summed E-state index contributed by atoms with van der Waals surface area (Å²) in [5.41, 5.74) is -0.233. The molecule has 1 fully saturated rings. The molecule has 31 heavy (non-hydrogen) atoms. The second kappa shape index (κ2) is 9.87. The van der Waals surface area contributed by atoms with Crippen LogP contribution in [0.2, 0.25) is 0 Å². The molecular weight excluding hydrogens is 402 g/mol. The van der Waals surface area contributed by atoms with Crippen LogP contribution in [0, 0.1) is 5.82 Å². The first-order chi connectivity index (χ1) is 14.4. The second-order valence-corrected chi connectivity index (χ2v) is 8.43. The molecule has 0 saturated carbocycles. The van der Waals surface area contributed by atoms with Gasteiger partial charge in [-0.2, -0.15) is 0 Å². The molecule has 0 unspecified atom stereocenters. The molecule has 0 aliphatic carbocycles. The lowest BCUT2D eigenvalue weighted by molar-refractivity contribution is -0.142. The quantitative estimate of drug-likeness (QED) is 0.267. The SMILES string of the molecule is CCOC(=O)Cc1ccc(F)cc1O/C(=C/C(B1OC(C)(C)C(C)(C)O1)=C(\C)O)CC. The molecule has 1 aliphatic rings. The average molecular weight is 434 g/mol. The van der Waals surface area contributed by atoms with Crippen molar-refractivity contribution in [1.82, 2.24) is 0 Å². The van der Waals surface area contributed by atoms with Crippen LogP contribution in [-0.2, 0) is 25.3 Å². The zero-order valence-corrected chi connectivity index (χ0v) is 19.4. The zero-order chi connectivity index (χ0) is 23.4. The van der Waals surface area contributed by atoms with Crippen molar-refractivity contribution in [3.8, 4) is 5.75 Å². The number of esters is 1. The molecule has 1 N–H and O–H groups in total. The van der Waals surface area contributed by atoms with Gasteiger partial charge < -0.3 is 23.9 Å². The molecule has 1 aromatic rings. The number of carbonyl (C=O) groups excluding carboxylic acids is 1. The number of aliphatic hydroxyl groups is 1. The van der Waals surface area contributed by atoms with Gasteiger partial charge in [-0.3, -0.25) is 4.79 Å². The number of allylic oxidation sites excluding steroid dienone is 4. The highest BCUT2D eigenvalue weighted by atomic mass is 19.1. The fourth-order valence-corrected chi connectivity index (χ4v) is 2.97. The Kier molecular flexibility index (Phi) is 7.95. The number of hydrogen-bond donors (Lipinski definition) is 1. The van der Waals surface area contributed by atoms with E-state index in [9.17, 15) is 14.3 Å². The predicted octanol–water partition coefficient (Wildman–Crippen LogP) is 5.07. The molecule has 0 spiro atoms. The number of ether oxygens (including phenoxy) is 2. The summed E-state index contributed by atoms with van der Waals surface area (Å²) in [6.07, 6.45) is 2.04. The van der Waals surface area contributed by atoms with E-state index in [0.717, 1.165) is 0 Å². The molecule has 8 heteroatoms. The second-order valence-electron chi connectivity index (χ2n) is 8.43. The Morgan fingerprint density at radius 3 is 2.32 bits per heavy atom. The maximum atomic E-state index is 13.9. The van der Waals surface area contributed by atoms with E-state index < -0.39 is 30.1 Å². The van der Waals surface area contributed by atoms with E-state index in [1.165, 1.54) is 18.2 Å². The third-order valence-corrected chi connectivity index (χ3v) is 5.50. The van der Waals surface area contributed by atoms with Gasteiger partial charge in [0.1, 0.15) is 17.3 Å². The van der Waals surface area contributed by atoms with Crippen LogP contribution in [0.3, 0.4) is 0 Å². The Morgan fingerprint density at radius 1 is 1.19 bits per heavy atom. The Morgan fingerprint density at radius 2 is 1.81 bits per heavy atom. The summed E-state index contributed by atoms with van der Waals surface area (Å²) in [5.74, 6) is -0.221. The van der Waals surface area contributed by atoms with Crippen LogP contribution < -0.4 is 4.74 Å². The molecule has 0 aromatic heterocycles. The Labute approximate surface area is 184 Å². The Hall–Kier alpha value is -2.32. The van der Waals surface area contributed by atoms with E-state index >= 15 is 0 Å². The van der Waals surface area contributed by atoms with Crippen molar-refractivity contribution >= 4 is 13.1 Å². The minimum absolute atomic E-state index is 0.0269. The van der Waals surface area contributed by atoms with Gasteiger partial charge in [-0.25, -0.2) is 4.39 Å². The van der Waals surface area contributed by atoms with Crippen molar-refractivity contribution in [2.24, 2.45) is 0 Å². The molecule has 1 aliphatic heterocycles. The van der Waals surface area contributed by atoms with Gasteiger partial charge in [-0.05, 0) is 53.7 Å². The normalized spacial score (nSPS) is 18.6. The molecular formula is C23H32BFO6. The summed E-state index contributed by atoms with van der Waals surface area (Å²) in [6.45, 7) is 13.1. The highest BCUT2D eigenvalue weighted by Gasteiger charge is 2.52. The van der Waals surface area contributed by atoms with Gasteiger partial charge in [0.25, 0.3) is 0 Å². The van der Waals surface area contributed by atoms with E-state index in [-0.39, 0.29) is 24.5 Å². The maximum absolute atomic E-state index is 13.9. The monoisotopic (exact) mass is 434 g/mol. The maximum Gasteiger partial charge on any atom is 0.498 e. The van der Waals surface area contributed by atoms with Gasteiger partial charge in [-0.15, -0.1) is 0 Å². The van der Waals surface area contributed by atoms with Crippen LogP contribution in [0.15, 0.2) is 41.3 Å². The van der Waals surface area contributed by atoms with Crippen LogP contribution >= 0.6 is 0 Å². The van der Waals surface area contributed by atoms with Gasteiger partial charge in [0, 0.05) is 23.5 Å². The predicted molar refractivity (Wildman–Crippen MR) is 117 cm³/mol. The molecule has 0 amide bonds. The van der Waals surface area contributed by atoms with Crippen molar-refractivity contribution in [2.45, 2.75) is 72.5 Å². The van der Waals surface area contributed by atoms with Crippen LogP contribution in [0.1, 0.15) is 60.5 Å². The molecule has 2 rings (SSSR count). The number of rotatable bonds is 8. The van der Waals surface area contributed by atoms with Crippen LogP contribution in [0.5, 0.6) is 5.75 Å². The van der Waals surface area contributed by atoms with Crippen LogP contribution in [0.4, 0.5) is 4.39 Å². The number of benzene rings is 1. The minimum atomic E-state index is -0.785. The Balaban J connectivity index is 2.34. The minimum Gasteiger partial charge on any atom is -0.513 e.